The Kier molecular flexibility index (Phi) is 5.43. The SMILES string of the molecule is NC=C(C=NCc1ccccc1Cl)Cc1cc(N)nc(N)c1N. The molecule has 120 valence electrons. The van der Waals surface area contributed by atoms with Crippen molar-refractivity contribution >= 4 is 35.1 Å². The van der Waals surface area contributed by atoms with E-state index >= 15 is 0 Å². The van der Waals surface area contributed by atoms with Crippen molar-refractivity contribution in [2.75, 3.05) is 17.2 Å². The van der Waals surface area contributed by atoms with Crippen LogP contribution in [0.1, 0.15) is 11.1 Å². The lowest BCUT2D eigenvalue weighted by molar-refractivity contribution is 1.07. The third-order valence-corrected chi connectivity index (χ3v) is 3.65. The summed E-state index contributed by atoms with van der Waals surface area (Å²) in [7, 11) is 0. The largest absolute Gasteiger partial charge is 0.404 e. The van der Waals surface area contributed by atoms with Gasteiger partial charge in [0.2, 0.25) is 0 Å². The first-order chi connectivity index (χ1) is 11.0. The Morgan fingerprint density at radius 3 is 2.61 bits per heavy atom. The van der Waals surface area contributed by atoms with E-state index in [1.807, 2.05) is 24.3 Å². The summed E-state index contributed by atoms with van der Waals surface area (Å²) in [6.07, 6.45) is 3.63. The number of aromatic nitrogens is 1. The fourth-order valence-electron chi connectivity index (χ4n) is 2.05. The Bertz CT molecular complexity index is 754. The van der Waals surface area contributed by atoms with Crippen molar-refractivity contribution in [3.05, 3.63) is 58.3 Å². The van der Waals surface area contributed by atoms with E-state index in [1.165, 1.54) is 6.20 Å². The minimum absolute atomic E-state index is 0.212. The van der Waals surface area contributed by atoms with Gasteiger partial charge in [-0.05, 0) is 35.0 Å². The molecule has 1 aromatic heterocycles. The van der Waals surface area contributed by atoms with Gasteiger partial charge >= 0.3 is 0 Å². The fraction of sp³-hybridized carbons (Fsp3) is 0.125. The Morgan fingerprint density at radius 1 is 1.17 bits per heavy atom. The molecule has 23 heavy (non-hydrogen) atoms. The number of benzene rings is 1. The number of aliphatic imine (C=N–C) groups is 1. The molecule has 0 radical (unpaired) electrons. The van der Waals surface area contributed by atoms with Crippen LogP contribution in [0, 0.1) is 0 Å². The minimum Gasteiger partial charge on any atom is -0.404 e. The van der Waals surface area contributed by atoms with Crippen LogP contribution in [0.3, 0.4) is 0 Å². The molecule has 0 aliphatic rings. The summed E-state index contributed by atoms with van der Waals surface area (Å²) in [5.74, 6) is 0.528. The molecule has 0 spiro atoms. The van der Waals surface area contributed by atoms with Gasteiger partial charge in [0.05, 0.1) is 12.2 Å². The van der Waals surface area contributed by atoms with Gasteiger partial charge in [-0.15, -0.1) is 0 Å². The molecule has 2 aromatic rings. The summed E-state index contributed by atoms with van der Waals surface area (Å²) in [5, 5.41) is 0.682. The lowest BCUT2D eigenvalue weighted by Crippen LogP contribution is -2.07. The standard InChI is InChI=1S/C16H19ClN6/c17-13-4-2-1-3-11(13)9-22-8-10(7-18)5-12-6-14(19)23-16(21)15(12)20/h1-4,6-8H,5,9,18,20H2,(H4,19,21,23). The molecule has 0 unspecified atom stereocenters. The van der Waals surface area contributed by atoms with Gasteiger partial charge in [-0.2, -0.15) is 0 Å². The fourth-order valence-corrected chi connectivity index (χ4v) is 2.25. The first-order valence-electron chi connectivity index (χ1n) is 6.95. The maximum absolute atomic E-state index is 6.09. The van der Waals surface area contributed by atoms with E-state index in [0.717, 1.165) is 16.7 Å². The van der Waals surface area contributed by atoms with Crippen molar-refractivity contribution in [2.45, 2.75) is 13.0 Å². The molecule has 0 saturated carbocycles. The number of rotatable bonds is 5. The van der Waals surface area contributed by atoms with Crippen LogP contribution in [0.4, 0.5) is 17.3 Å². The van der Waals surface area contributed by atoms with Gasteiger partial charge in [0.15, 0.2) is 0 Å². The summed E-state index contributed by atoms with van der Waals surface area (Å²) in [6, 6.07) is 9.22. The van der Waals surface area contributed by atoms with E-state index in [-0.39, 0.29) is 5.82 Å². The second-order valence-electron chi connectivity index (χ2n) is 4.98. The van der Waals surface area contributed by atoms with Crippen LogP contribution in [-0.2, 0) is 13.0 Å². The second kappa shape index (κ2) is 7.51. The number of nitrogens with two attached hydrogens (primary N) is 4. The third-order valence-electron chi connectivity index (χ3n) is 3.28. The van der Waals surface area contributed by atoms with Crippen molar-refractivity contribution in [1.82, 2.24) is 4.98 Å². The van der Waals surface area contributed by atoms with Gasteiger partial charge in [0.1, 0.15) is 11.6 Å². The zero-order chi connectivity index (χ0) is 16.8. The molecular formula is C16H19ClN6. The summed E-state index contributed by atoms with van der Waals surface area (Å²) >= 11 is 6.09. The van der Waals surface area contributed by atoms with Crippen LogP contribution >= 0.6 is 11.6 Å². The molecule has 0 saturated heterocycles. The van der Waals surface area contributed by atoms with Gasteiger partial charge in [0.25, 0.3) is 0 Å². The number of nitrogen functional groups attached to an aromatic ring is 3. The highest BCUT2D eigenvalue weighted by atomic mass is 35.5. The number of anilines is 3. The van der Waals surface area contributed by atoms with Crippen molar-refractivity contribution in [1.29, 1.82) is 0 Å². The van der Waals surface area contributed by atoms with Gasteiger partial charge in [0, 0.05) is 17.7 Å². The molecule has 0 fully saturated rings. The predicted molar refractivity (Wildman–Crippen MR) is 97.1 cm³/mol. The topological polar surface area (TPSA) is 129 Å². The van der Waals surface area contributed by atoms with Crippen molar-refractivity contribution in [3.63, 3.8) is 0 Å². The lowest BCUT2D eigenvalue weighted by atomic mass is 10.1. The molecule has 1 heterocycles. The predicted octanol–water partition coefficient (Wildman–Crippen LogP) is 2.14. The Morgan fingerprint density at radius 2 is 1.91 bits per heavy atom. The van der Waals surface area contributed by atoms with Crippen molar-refractivity contribution in [2.24, 2.45) is 10.7 Å². The Hall–Kier alpha value is -2.73. The number of nitrogens with zero attached hydrogens (tertiary/aromatic N) is 2. The van der Waals surface area contributed by atoms with Crippen LogP contribution in [0.2, 0.25) is 5.02 Å². The average Bonchev–Trinajstić information content (AvgIpc) is 2.52. The molecule has 0 aliphatic carbocycles. The molecule has 8 N–H and O–H groups in total. The maximum Gasteiger partial charge on any atom is 0.149 e. The first kappa shape index (κ1) is 16.6. The first-order valence-corrected chi connectivity index (χ1v) is 7.33. The number of hydrogen-bond donors (Lipinski definition) is 4. The highest BCUT2D eigenvalue weighted by Crippen LogP contribution is 2.22. The van der Waals surface area contributed by atoms with Gasteiger partial charge in [-0.3, -0.25) is 4.99 Å². The molecule has 2 rings (SSSR count). The van der Waals surface area contributed by atoms with E-state index in [4.69, 9.17) is 34.5 Å². The minimum atomic E-state index is 0.212. The molecule has 0 bridgehead atoms. The second-order valence-corrected chi connectivity index (χ2v) is 5.39. The number of pyridine rings is 1. The molecule has 7 heteroatoms. The zero-order valence-corrected chi connectivity index (χ0v) is 13.3. The lowest BCUT2D eigenvalue weighted by Gasteiger charge is -2.09. The maximum atomic E-state index is 6.09. The molecular weight excluding hydrogens is 312 g/mol. The van der Waals surface area contributed by atoms with Crippen molar-refractivity contribution < 1.29 is 0 Å². The normalized spacial score (nSPS) is 12.0. The molecule has 0 atom stereocenters. The van der Waals surface area contributed by atoms with Crippen molar-refractivity contribution in [3.8, 4) is 0 Å². The van der Waals surface area contributed by atoms with Crippen LogP contribution in [0.15, 0.2) is 47.1 Å². The molecule has 0 aliphatic heterocycles. The van der Waals surface area contributed by atoms with E-state index < -0.39 is 0 Å². The van der Waals surface area contributed by atoms with Crippen LogP contribution in [-0.4, -0.2) is 11.2 Å². The van der Waals surface area contributed by atoms with E-state index in [1.54, 1.807) is 12.3 Å². The summed E-state index contributed by atoms with van der Waals surface area (Å²) in [4.78, 5) is 8.28. The Balaban J connectivity index is 2.10. The van der Waals surface area contributed by atoms with Crippen LogP contribution in [0.25, 0.3) is 0 Å². The number of hydrogen-bond acceptors (Lipinski definition) is 6. The van der Waals surface area contributed by atoms with Crippen LogP contribution in [0.5, 0.6) is 0 Å². The van der Waals surface area contributed by atoms with E-state index in [0.29, 0.717) is 29.5 Å². The van der Waals surface area contributed by atoms with Gasteiger partial charge < -0.3 is 22.9 Å². The number of halogens is 1. The Labute approximate surface area is 139 Å². The highest BCUT2D eigenvalue weighted by molar-refractivity contribution is 6.31. The molecule has 6 nitrogen and oxygen atoms in total. The molecule has 0 amide bonds. The van der Waals surface area contributed by atoms with E-state index in [2.05, 4.69) is 9.98 Å². The number of allylic oxidation sites excluding steroid dienone is 1. The zero-order valence-electron chi connectivity index (χ0n) is 12.5. The molecule has 1 aromatic carbocycles. The summed E-state index contributed by atoms with van der Waals surface area (Å²) < 4.78 is 0. The van der Waals surface area contributed by atoms with Gasteiger partial charge in [-0.25, -0.2) is 4.98 Å². The average molecular weight is 331 g/mol. The summed E-state index contributed by atoms with van der Waals surface area (Å²) in [5.41, 5.74) is 25.9. The highest BCUT2D eigenvalue weighted by Gasteiger charge is 2.07. The smallest absolute Gasteiger partial charge is 0.149 e. The monoisotopic (exact) mass is 330 g/mol. The summed E-state index contributed by atoms with van der Waals surface area (Å²) in [6.45, 7) is 0.465. The quantitative estimate of drug-likeness (QED) is 0.624. The van der Waals surface area contributed by atoms with Crippen LogP contribution < -0.4 is 22.9 Å². The third kappa shape index (κ3) is 4.37. The van der Waals surface area contributed by atoms with E-state index in [9.17, 15) is 0 Å². The van der Waals surface area contributed by atoms with Gasteiger partial charge in [-0.1, -0.05) is 29.8 Å².